The van der Waals surface area contributed by atoms with Crippen LogP contribution in [0.25, 0.3) is 6.08 Å². The first-order chi connectivity index (χ1) is 11.6. The molecule has 3 nitrogen and oxygen atoms in total. The molecule has 0 bridgehead atoms. The summed E-state index contributed by atoms with van der Waals surface area (Å²) in [5, 5.41) is 0.392. The van der Waals surface area contributed by atoms with Gasteiger partial charge in [-0.2, -0.15) is 0 Å². The molecule has 0 amide bonds. The van der Waals surface area contributed by atoms with Crippen molar-refractivity contribution in [2.45, 2.75) is 44.9 Å². The Morgan fingerprint density at radius 2 is 2.00 bits per heavy atom. The van der Waals surface area contributed by atoms with Crippen LogP contribution < -0.4 is 4.74 Å². The molecule has 24 heavy (non-hydrogen) atoms. The number of allylic oxidation sites excluding steroid dienone is 1. The van der Waals surface area contributed by atoms with Crippen molar-refractivity contribution in [2.24, 2.45) is 5.92 Å². The van der Waals surface area contributed by atoms with E-state index in [-0.39, 0.29) is 17.3 Å². The first-order valence-electron chi connectivity index (χ1n) is 8.50. The molecule has 1 aliphatic carbocycles. The molecule has 0 unspecified atom stereocenters. The molecule has 5 heteroatoms. The fraction of sp³-hybridized carbons (Fsp3) is 0.474. The number of hydrogen-bond donors (Lipinski definition) is 0. The predicted molar refractivity (Wildman–Crippen MR) is 98.3 cm³/mol. The van der Waals surface area contributed by atoms with Crippen LogP contribution in [0.4, 0.5) is 0 Å². The van der Waals surface area contributed by atoms with Gasteiger partial charge in [-0.05, 0) is 41.8 Å². The minimum atomic E-state index is -0.135. The lowest BCUT2D eigenvalue weighted by atomic mass is 9.87. The Labute approximate surface area is 151 Å². The lowest BCUT2D eigenvalue weighted by molar-refractivity contribution is -0.119. The van der Waals surface area contributed by atoms with Crippen molar-refractivity contribution in [3.05, 3.63) is 33.7 Å². The minimum Gasteiger partial charge on any atom is -0.492 e. The Morgan fingerprint density at radius 3 is 2.71 bits per heavy atom. The van der Waals surface area contributed by atoms with Gasteiger partial charge < -0.3 is 4.74 Å². The highest BCUT2D eigenvalue weighted by Gasteiger charge is 2.26. The smallest absolute Gasteiger partial charge is 0.201 e. The molecule has 128 valence electrons. The van der Waals surface area contributed by atoms with Crippen molar-refractivity contribution < 1.29 is 14.3 Å². The predicted octanol–water partition coefficient (Wildman–Crippen LogP) is 5.26. The molecule has 0 aromatic heterocycles. The van der Waals surface area contributed by atoms with E-state index in [1.165, 1.54) is 32.1 Å². The van der Waals surface area contributed by atoms with E-state index in [2.05, 4.69) is 0 Å². The van der Waals surface area contributed by atoms with E-state index in [1.807, 2.05) is 18.2 Å². The van der Waals surface area contributed by atoms with E-state index in [0.717, 1.165) is 29.7 Å². The highest BCUT2D eigenvalue weighted by molar-refractivity contribution is 8.18. The van der Waals surface area contributed by atoms with Gasteiger partial charge in [-0.3, -0.25) is 9.59 Å². The number of thioether (sulfide) groups is 1. The molecular formula is C19H21ClO3S. The lowest BCUT2D eigenvalue weighted by Gasteiger charge is -2.21. The van der Waals surface area contributed by atoms with Crippen LogP contribution in [-0.2, 0) is 9.59 Å². The second-order valence-electron chi connectivity index (χ2n) is 6.38. The Morgan fingerprint density at radius 1 is 1.21 bits per heavy atom. The Hall–Kier alpha value is -1.26. The second-order valence-corrected chi connectivity index (χ2v) is 7.86. The molecule has 1 aromatic rings. The normalized spacial score (nSPS) is 20.8. The monoisotopic (exact) mass is 364 g/mol. The van der Waals surface area contributed by atoms with Crippen LogP contribution in [0, 0.1) is 5.92 Å². The highest BCUT2D eigenvalue weighted by Crippen LogP contribution is 2.35. The number of ketones is 1. The summed E-state index contributed by atoms with van der Waals surface area (Å²) in [4.78, 5) is 23.5. The van der Waals surface area contributed by atoms with E-state index < -0.39 is 0 Å². The van der Waals surface area contributed by atoms with E-state index in [1.54, 1.807) is 6.08 Å². The first-order valence-corrected chi connectivity index (χ1v) is 9.70. The quantitative estimate of drug-likeness (QED) is 0.527. The Kier molecular flexibility index (Phi) is 6.01. The third-order valence-electron chi connectivity index (χ3n) is 4.59. The van der Waals surface area contributed by atoms with Crippen LogP contribution in [0.2, 0.25) is 5.02 Å². The van der Waals surface area contributed by atoms with Gasteiger partial charge in [-0.25, -0.2) is 0 Å². The number of hydrogen-bond acceptors (Lipinski definition) is 4. The van der Waals surface area contributed by atoms with Crippen molar-refractivity contribution in [1.29, 1.82) is 0 Å². The second kappa shape index (κ2) is 8.21. The fourth-order valence-corrected chi connectivity index (χ4v) is 4.30. The first kappa shape index (κ1) is 17.6. The number of carbonyl (C=O) groups is 2. The summed E-state index contributed by atoms with van der Waals surface area (Å²) < 4.78 is 5.87. The number of carbonyl (C=O) groups excluding carboxylic acids is 2. The third kappa shape index (κ3) is 4.42. The molecule has 1 saturated carbocycles. The summed E-state index contributed by atoms with van der Waals surface area (Å²) in [7, 11) is 0. The maximum atomic E-state index is 11.7. The third-order valence-corrected chi connectivity index (χ3v) is 5.93. The average Bonchev–Trinajstić information content (AvgIpc) is 2.89. The fourth-order valence-electron chi connectivity index (χ4n) is 3.25. The van der Waals surface area contributed by atoms with Gasteiger partial charge in [0.15, 0.2) is 5.78 Å². The van der Waals surface area contributed by atoms with E-state index in [0.29, 0.717) is 22.3 Å². The lowest BCUT2D eigenvalue weighted by Crippen LogP contribution is -2.10. The zero-order valence-electron chi connectivity index (χ0n) is 13.6. The summed E-state index contributed by atoms with van der Waals surface area (Å²) in [6, 6.07) is 5.54. The van der Waals surface area contributed by atoms with Gasteiger partial charge in [-0.1, -0.05) is 55.8 Å². The van der Waals surface area contributed by atoms with Crippen LogP contribution >= 0.6 is 23.4 Å². The van der Waals surface area contributed by atoms with Gasteiger partial charge >= 0.3 is 0 Å². The molecule has 0 radical (unpaired) electrons. The van der Waals surface area contributed by atoms with Crippen LogP contribution in [0.1, 0.15) is 50.5 Å². The molecule has 1 aliphatic heterocycles. The molecule has 0 N–H and O–H groups in total. The summed E-state index contributed by atoms with van der Waals surface area (Å²) >= 11 is 7.41. The van der Waals surface area contributed by atoms with E-state index in [4.69, 9.17) is 16.3 Å². The van der Waals surface area contributed by atoms with Crippen molar-refractivity contribution in [3.63, 3.8) is 0 Å². The average molecular weight is 365 g/mol. The summed E-state index contributed by atoms with van der Waals surface area (Å²) in [5.74, 6) is 1.27. The molecule has 1 saturated heterocycles. The largest absolute Gasteiger partial charge is 0.492 e. The van der Waals surface area contributed by atoms with Gasteiger partial charge in [-0.15, -0.1) is 0 Å². The molecule has 2 aliphatic rings. The van der Waals surface area contributed by atoms with Gasteiger partial charge in [0.2, 0.25) is 5.12 Å². The van der Waals surface area contributed by atoms with Crippen molar-refractivity contribution in [2.75, 3.05) is 6.61 Å². The summed E-state index contributed by atoms with van der Waals surface area (Å²) in [6.45, 7) is 0.663. The van der Waals surface area contributed by atoms with E-state index >= 15 is 0 Å². The molecule has 1 heterocycles. The van der Waals surface area contributed by atoms with E-state index in [9.17, 15) is 9.59 Å². The maximum Gasteiger partial charge on any atom is 0.201 e. The molecule has 0 atom stereocenters. The van der Waals surface area contributed by atoms with Crippen LogP contribution in [0.3, 0.4) is 0 Å². The van der Waals surface area contributed by atoms with Crippen LogP contribution in [0.5, 0.6) is 5.75 Å². The zero-order valence-corrected chi connectivity index (χ0v) is 15.1. The topological polar surface area (TPSA) is 43.4 Å². The maximum absolute atomic E-state index is 11.7. The highest BCUT2D eigenvalue weighted by atomic mass is 35.5. The van der Waals surface area contributed by atoms with Gasteiger partial charge in [0.1, 0.15) is 5.75 Å². The Bertz CT molecular complexity index is 663. The van der Waals surface area contributed by atoms with Crippen molar-refractivity contribution >= 4 is 40.3 Å². The van der Waals surface area contributed by atoms with Crippen LogP contribution in [-0.4, -0.2) is 17.5 Å². The number of ether oxygens (including phenoxy) is 1. The minimum absolute atomic E-state index is 0.0221. The number of rotatable bonds is 5. The van der Waals surface area contributed by atoms with Gasteiger partial charge in [0.05, 0.1) is 23.0 Å². The number of benzene rings is 1. The Balaban J connectivity index is 1.63. The summed E-state index contributed by atoms with van der Waals surface area (Å²) in [6.07, 6.45) is 9.36. The van der Waals surface area contributed by atoms with Gasteiger partial charge in [0.25, 0.3) is 0 Å². The molecule has 0 spiro atoms. The standard InChI is InChI=1S/C19H21ClO3S/c20-19-14(11-17-15(21)12-18(22)24-17)7-4-8-16(19)23-10-9-13-5-2-1-3-6-13/h4,7-8,11,13H,1-3,5-6,9-10,12H2/b17-11-. The van der Waals surface area contributed by atoms with Crippen molar-refractivity contribution in [1.82, 2.24) is 0 Å². The SMILES string of the molecule is O=C1CC(=O)/C(=C/c2cccc(OCCC3CCCCC3)c2Cl)S1. The van der Waals surface area contributed by atoms with Gasteiger partial charge in [0, 0.05) is 0 Å². The molecular weight excluding hydrogens is 344 g/mol. The molecule has 2 fully saturated rings. The molecule has 3 rings (SSSR count). The number of halogens is 1. The number of Topliss-reactive ketones (excluding diaryl/α,β-unsaturated/α-hetero) is 1. The molecule has 1 aromatic carbocycles. The van der Waals surface area contributed by atoms with Crippen molar-refractivity contribution in [3.8, 4) is 5.75 Å². The zero-order chi connectivity index (χ0) is 16.9. The van der Waals surface area contributed by atoms with Crippen LogP contribution in [0.15, 0.2) is 23.1 Å². The summed E-state index contributed by atoms with van der Waals surface area (Å²) in [5.41, 5.74) is 0.720.